The van der Waals surface area contributed by atoms with Gasteiger partial charge in [-0.05, 0) is 137 Å². The van der Waals surface area contributed by atoms with Gasteiger partial charge < -0.3 is 45.7 Å². The third kappa shape index (κ3) is 13.0. The number of rotatable bonds is 19. The van der Waals surface area contributed by atoms with Crippen LogP contribution in [0.1, 0.15) is 119 Å². The molecule has 0 fully saturated rings. The molecule has 4 atom stereocenters. The second-order valence-electron chi connectivity index (χ2n) is 23.1. The fourth-order valence-electron chi connectivity index (χ4n) is 10.7. The molecule has 1 aliphatic carbocycles. The SMILES string of the molecule is CC[C@@]1(O)C(=O)OCc2c1cc1n(c2=O)Cc2c-1nc1ccc(NC(=O)[C@H](C)NC(=O)[C@@H](NC(=O)[C@H](CCCCNC(=O)OC(C)(C)C)NC(=O)c3cc(-c4cnc(S(C)(=O)=O)nc4)cc(-c4cnc(S(C)(=O)=O)nc4)c3)C(C)C)c3c1c2CCC3. The first-order valence-electron chi connectivity index (χ1n) is 28.0. The van der Waals surface area contributed by atoms with E-state index in [0.29, 0.717) is 70.5 Å². The monoisotopic (exact) mass is 1220 g/mol. The number of sulfone groups is 2. The first-order chi connectivity index (χ1) is 40.4. The number of aryl methyl sites for hydroxylation is 2. The van der Waals surface area contributed by atoms with Crippen molar-refractivity contribution in [3.63, 3.8) is 0 Å². The molecule has 0 spiro atoms. The van der Waals surface area contributed by atoms with E-state index in [1.54, 1.807) is 70.4 Å². The zero-order valence-corrected chi connectivity index (χ0v) is 50.5. The number of alkyl carbamates (subject to hydrolysis) is 1. The maximum atomic E-state index is 14.5. The number of carbonyl (C=O) groups is 6. The summed E-state index contributed by atoms with van der Waals surface area (Å²) >= 11 is 0. The lowest BCUT2D eigenvalue weighted by atomic mass is 9.85. The molecule has 6 aromatic rings. The molecule has 27 heteroatoms. The van der Waals surface area contributed by atoms with E-state index in [1.807, 2.05) is 0 Å². The Bertz CT molecular complexity index is 3960. The summed E-state index contributed by atoms with van der Waals surface area (Å²) in [5.41, 5.74) is 3.33. The summed E-state index contributed by atoms with van der Waals surface area (Å²) in [6, 6.07) is 6.03. The van der Waals surface area contributed by atoms with Crippen molar-refractivity contribution in [3.05, 3.63) is 105 Å². The topological polar surface area (TPSA) is 356 Å². The Hall–Kier alpha value is -8.56. The number of benzene rings is 2. The van der Waals surface area contributed by atoms with Gasteiger partial charge >= 0.3 is 12.1 Å². The number of nitrogens with zero attached hydrogens (tertiary/aromatic N) is 6. The van der Waals surface area contributed by atoms with Gasteiger partial charge in [0.05, 0.1) is 29.0 Å². The van der Waals surface area contributed by atoms with Gasteiger partial charge in [-0.25, -0.2) is 51.3 Å². The Kier molecular flexibility index (Phi) is 17.3. The van der Waals surface area contributed by atoms with Crippen molar-refractivity contribution in [1.29, 1.82) is 0 Å². The number of nitrogens with one attached hydrogen (secondary N) is 5. The van der Waals surface area contributed by atoms with Gasteiger partial charge in [-0.3, -0.25) is 24.0 Å². The highest BCUT2D eigenvalue weighted by Gasteiger charge is 2.46. The second-order valence-corrected chi connectivity index (χ2v) is 26.9. The number of anilines is 1. The maximum Gasteiger partial charge on any atom is 0.407 e. The number of hydrogen-bond acceptors (Lipinski definition) is 19. The van der Waals surface area contributed by atoms with E-state index in [0.717, 1.165) is 34.6 Å². The van der Waals surface area contributed by atoms with Crippen LogP contribution in [0.4, 0.5) is 10.5 Å². The summed E-state index contributed by atoms with van der Waals surface area (Å²) in [6.45, 7) is 11.8. The molecule has 4 aromatic heterocycles. The number of unbranched alkanes of at least 4 members (excludes halogenated alkanes) is 1. The predicted molar refractivity (Wildman–Crippen MR) is 314 cm³/mol. The lowest BCUT2D eigenvalue weighted by molar-refractivity contribution is -0.172. The average Bonchev–Trinajstić information content (AvgIpc) is 1.52. The number of amides is 5. The molecule has 0 bridgehead atoms. The molecular formula is C59H67N11O14S2. The van der Waals surface area contributed by atoms with Crippen LogP contribution in [0, 0.1) is 5.92 Å². The van der Waals surface area contributed by atoms with Gasteiger partial charge in [-0.15, -0.1) is 0 Å². The Balaban J connectivity index is 0.937. The van der Waals surface area contributed by atoms with Crippen molar-refractivity contribution in [3.8, 4) is 33.6 Å². The van der Waals surface area contributed by atoms with Gasteiger partial charge in [0.25, 0.3) is 11.5 Å². The van der Waals surface area contributed by atoms with Crippen molar-refractivity contribution < 1.29 is 60.2 Å². The fourth-order valence-corrected chi connectivity index (χ4v) is 11.7. The number of fused-ring (bicyclic) bond motifs is 5. The first kappa shape index (κ1) is 62.0. The summed E-state index contributed by atoms with van der Waals surface area (Å²) in [5.74, 6) is -4.13. The molecule has 6 heterocycles. The number of pyridine rings is 2. The number of carbonyl (C=O) groups excluding carboxylic acids is 6. The molecule has 3 aliphatic rings. The number of aliphatic hydroxyl groups is 1. The Labute approximate surface area is 495 Å². The van der Waals surface area contributed by atoms with Crippen molar-refractivity contribution in [1.82, 2.24) is 50.8 Å². The van der Waals surface area contributed by atoms with Crippen molar-refractivity contribution in [2.24, 2.45) is 5.92 Å². The Morgan fingerprint density at radius 1 is 0.767 bits per heavy atom. The molecule has 5 amide bonds. The number of esters is 1. The second kappa shape index (κ2) is 24.1. The number of hydrogen-bond donors (Lipinski definition) is 6. The van der Waals surface area contributed by atoms with Crippen LogP contribution >= 0.6 is 0 Å². The summed E-state index contributed by atoms with van der Waals surface area (Å²) < 4.78 is 61.0. The van der Waals surface area contributed by atoms with E-state index in [4.69, 9.17) is 14.5 Å². The van der Waals surface area contributed by atoms with E-state index in [2.05, 4.69) is 46.5 Å². The lowest BCUT2D eigenvalue weighted by Crippen LogP contribution is -2.57. The predicted octanol–water partition coefficient (Wildman–Crippen LogP) is 4.37. The molecule has 0 unspecified atom stereocenters. The molecular weight excluding hydrogens is 1150 g/mol. The zero-order chi connectivity index (χ0) is 62.4. The standard InChI is InChI=1S/C59H67N11O14S2/c1-10-59(78)41-23-45-48-39(28-70(45)53(75)40(41)29-83-54(59)76)37-14-13-15-38-42(17-18-43(66-48)46(37)38)67-49(71)31(4)65-52(74)47(30(2)3)69-51(73)44(16-11-12-19-60-57(77)84-58(5,6)7)68-50(72)34-21-32(35-24-61-55(62-25-35)85(8,79)80)20-33(22-34)36-26-63-56(64-27-36)86(9,81)82/h17-18,20-27,30-31,44,47,78H,10-16,19,28-29H2,1-9H3,(H,60,77)(H,65,74)(H,67,71)(H,68,72)(H,69,73)/t31-,44-,47-,59-/m0/s1. The molecule has 9 rings (SSSR count). The molecule has 0 saturated heterocycles. The van der Waals surface area contributed by atoms with Crippen LogP contribution in [-0.4, -0.2) is 130 Å². The first-order valence-corrected chi connectivity index (χ1v) is 31.8. The van der Waals surface area contributed by atoms with Gasteiger partial charge in [-0.2, -0.15) is 0 Å². The third-order valence-electron chi connectivity index (χ3n) is 15.2. The van der Waals surface area contributed by atoms with Crippen molar-refractivity contribution in [2.45, 2.75) is 146 Å². The molecule has 0 saturated carbocycles. The van der Waals surface area contributed by atoms with E-state index in [9.17, 15) is 55.5 Å². The third-order valence-corrected chi connectivity index (χ3v) is 16.9. The molecule has 2 aliphatic heterocycles. The normalized spacial score (nSPS) is 16.4. The number of ether oxygens (including phenoxy) is 2. The summed E-state index contributed by atoms with van der Waals surface area (Å²) in [7, 11) is -7.56. The van der Waals surface area contributed by atoms with Crippen LogP contribution in [0.25, 0.3) is 44.5 Å². The largest absolute Gasteiger partial charge is 0.458 e. The van der Waals surface area contributed by atoms with Crippen LogP contribution in [-0.2, 0) is 79.9 Å². The maximum absolute atomic E-state index is 14.5. The zero-order valence-electron chi connectivity index (χ0n) is 48.9. The van der Waals surface area contributed by atoms with Gasteiger partial charge in [-0.1, -0.05) is 20.8 Å². The van der Waals surface area contributed by atoms with E-state index < -0.39 is 101 Å². The molecule has 25 nitrogen and oxygen atoms in total. The quantitative estimate of drug-likeness (QED) is 0.0372. The van der Waals surface area contributed by atoms with Crippen molar-refractivity contribution in [2.75, 3.05) is 24.4 Å². The van der Waals surface area contributed by atoms with Crippen LogP contribution in [0.5, 0.6) is 0 Å². The van der Waals surface area contributed by atoms with Gasteiger partial charge in [0.1, 0.15) is 30.3 Å². The summed E-state index contributed by atoms with van der Waals surface area (Å²) in [4.78, 5) is 118. The highest BCUT2D eigenvalue weighted by Crippen LogP contribution is 2.44. The minimum Gasteiger partial charge on any atom is -0.458 e. The Morgan fingerprint density at radius 2 is 1.38 bits per heavy atom. The summed E-state index contributed by atoms with van der Waals surface area (Å²) in [5, 5.41) is 25.3. The average molecular weight is 1220 g/mol. The van der Waals surface area contributed by atoms with E-state index in [1.165, 1.54) is 43.8 Å². The lowest BCUT2D eigenvalue weighted by Gasteiger charge is -2.31. The number of cyclic esters (lactones) is 1. The summed E-state index contributed by atoms with van der Waals surface area (Å²) in [6.07, 6.45) is 8.86. The Morgan fingerprint density at radius 3 is 1.97 bits per heavy atom. The van der Waals surface area contributed by atoms with Gasteiger partial charge in [0.2, 0.25) is 47.7 Å². The smallest absolute Gasteiger partial charge is 0.407 e. The molecule has 2 aromatic carbocycles. The minimum atomic E-state index is -3.78. The minimum absolute atomic E-state index is 0.00601. The molecule has 0 radical (unpaired) electrons. The van der Waals surface area contributed by atoms with Crippen LogP contribution in [0.2, 0.25) is 0 Å². The van der Waals surface area contributed by atoms with E-state index in [-0.39, 0.29) is 61.2 Å². The molecule has 86 heavy (non-hydrogen) atoms. The molecule has 6 N–H and O–H groups in total. The van der Waals surface area contributed by atoms with Gasteiger partial charge in [0.15, 0.2) is 5.60 Å². The fraction of sp³-hybridized carbons (Fsp3) is 0.424. The van der Waals surface area contributed by atoms with E-state index >= 15 is 0 Å². The van der Waals surface area contributed by atoms with Crippen LogP contribution in [0.15, 0.2) is 76.3 Å². The molecule has 454 valence electrons. The van der Waals surface area contributed by atoms with Gasteiger partial charge in [0, 0.05) is 82.7 Å². The highest BCUT2D eigenvalue weighted by molar-refractivity contribution is 7.90. The van der Waals surface area contributed by atoms with Crippen LogP contribution < -0.4 is 32.1 Å². The highest BCUT2D eigenvalue weighted by atomic mass is 32.2. The number of aromatic nitrogens is 6. The van der Waals surface area contributed by atoms with Crippen molar-refractivity contribution >= 4 is 72.0 Å². The van der Waals surface area contributed by atoms with Crippen LogP contribution in [0.3, 0.4) is 0 Å².